The second-order valence-corrected chi connectivity index (χ2v) is 5.68. The first-order valence-electron chi connectivity index (χ1n) is 5.92. The number of hydrogen-bond acceptors (Lipinski definition) is 1. The number of rotatable bonds is 5. The summed E-state index contributed by atoms with van der Waals surface area (Å²) in [7, 11) is 0. The van der Waals surface area contributed by atoms with E-state index in [2.05, 4.69) is 13.8 Å². The highest BCUT2D eigenvalue weighted by Crippen LogP contribution is 2.49. The SMILES string of the molecule is CCC1(C)C(Cl)CC1OCCC1CC1. The maximum Gasteiger partial charge on any atom is 0.0656 e. The van der Waals surface area contributed by atoms with E-state index >= 15 is 0 Å². The highest BCUT2D eigenvalue weighted by Gasteiger charge is 2.50. The Hall–Kier alpha value is 0.250. The van der Waals surface area contributed by atoms with E-state index in [1.165, 1.54) is 19.3 Å². The minimum absolute atomic E-state index is 0.241. The van der Waals surface area contributed by atoms with Gasteiger partial charge < -0.3 is 4.74 Å². The Bertz CT molecular complexity index is 202. The summed E-state index contributed by atoms with van der Waals surface area (Å²) in [6, 6.07) is 0. The van der Waals surface area contributed by atoms with Gasteiger partial charge in [0.25, 0.3) is 0 Å². The van der Waals surface area contributed by atoms with Crippen LogP contribution in [0.5, 0.6) is 0 Å². The number of hydrogen-bond donors (Lipinski definition) is 0. The van der Waals surface area contributed by atoms with Gasteiger partial charge in [-0.1, -0.05) is 26.7 Å². The van der Waals surface area contributed by atoms with Gasteiger partial charge in [0.05, 0.1) is 6.10 Å². The first-order valence-corrected chi connectivity index (χ1v) is 6.36. The topological polar surface area (TPSA) is 9.23 Å². The molecule has 2 rings (SSSR count). The minimum Gasteiger partial charge on any atom is -0.378 e. The largest absolute Gasteiger partial charge is 0.378 e. The summed E-state index contributed by atoms with van der Waals surface area (Å²) in [5.41, 5.74) is 0.241. The van der Waals surface area contributed by atoms with E-state index in [-0.39, 0.29) is 5.41 Å². The average molecular weight is 217 g/mol. The van der Waals surface area contributed by atoms with Gasteiger partial charge in [-0.25, -0.2) is 0 Å². The maximum atomic E-state index is 6.22. The molecule has 2 fully saturated rings. The maximum absolute atomic E-state index is 6.22. The van der Waals surface area contributed by atoms with Crippen LogP contribution in [0.2, 0.25) is 0 Å². The summed E-state index contributed by atoms with van der Waals surface area (Å²) in [4.78, 5) is 0. The third-order valence-electron chi connectivity index (χ3n) is 4.18. The molecule has 2 aliphatic rings. The molecule has 0 aromatic rings. The van der Waals surface area contributed by atoms with Crippen LogP contribution in [-0.4, -0.2) is 18.1 Å². The van der Waals surface area contributed by atoms with Gasteiger partial charge in [0, 0.05) is 17.4 Å². The molecule has 2 aliphatic carbocycles. The lowest BCUT2D eigenvalue weighted by molar-refractivity contribution is -0.101. The molecule has 0 amide bonds. The number of ether oxygens (including phenoxy) is 1. The van der Waals surface area contributed by atoms with Gasteiger partial charge in [-0.05, 0) is 25.2 Å². The van der Waals surface area contributed by atoms with E-state index in [4.69, 9.17) is 16.3 Å². The fourth-order valence-corrected chi connectivity index (χ4v) is 2.72. The van der Waals surface area contributed by atoms with Crippen molar-refractivity contribution < 1.29 is 4.74 Å². The van der Waals surface area contributed by atoms with Crippen molar-refractivity contribution in [3.05, 3.63) is 0 Å². The van der Waals surface area contributed by atoms with Crippen LogP contribution in [0.3, 0.4) is 0 Å². The summed E-state index contributed by atoms with van der Waals surface area (Å²) in [6.45, 7) is 5.43. The molecule has 0 N–H and O–H groups in total. The molecule has 0 aliphatic heterocycles. The van der Waals surface area contributed by atoms with Gasteiger partial charge >= 0.3 is 0 Å². The minimum atomic E-state index is 0.241. The van der Waals surface area contributed by atoms with Crippen LogP contribution in [-0.2, 0) is 4.74 Å². The quantitative estimate of drug-likeness (QED) is 0.639. The third-order valence-corrected chi connectivity index (χ3v) is 4.85. The van der Waals surface area contributed by atoms with E-state index in [1.54, 1.807) is 0 Å². The van der Waals surface area contributed by atoms with Gasteiger partial charge in [0.1, 0.15) is 0 Å². The van der Waals surface area contributed by atoms with E-state index in [0.717, 1.165) is 25.4 Å². The Morgan fingerprint density at radius 2 is 2.14 bits per heavy atom. The molecular formula is C12H21ClO. The van der Waals surface area contributed by atoms with E-state index in [1.807, 2.05) is 0 Å². The van der Waals surface area contributed by atoms with Crippen molar-refractivity contribution in [1.29, 1.82) is 0 Å². The summed E-state index contributed by atoms with van der Waals surface area (Å²) in [5, 5.41) is 0.332. The Morgan fingerprint density at radius 1 is 1.43 bits per heavy atom. The molecular weight excluding hydrogens is 196 g/mol. The van der Waals surface area contributed by atoms with E-state index < -0.39 is 0 Å². The molecule has 0 aromatic carbocycles. The Balaban J connectivity index is 1.70. The number of halogens is 1. The fourth-order valence-electron chi connectivity index (χ4n) is 2.26. The zero-order valence-electron chi connectivity index (χ0n) is 9.26. The van der Waals surface area contributed by atoms with Crippen molar-refractivity contribution in [2.24, 2.45) is 11.3 Å². The van der Waals surface area contributed by atoms with E-state index in [0.29, 0.717) is 11.5 Å². The third kappa shape index (κ3) is 1.94. The summed E-state index contributed by atoms with van der Waals surface area (Å²) < 4.78 is 5.92. The summed E-state index contributed by atoms with van der Waals surface area (Å²) in [6.07, 6.45) is 6.73. The predicted molar refractivity (Wildman–Crippen MR) is 59.7 cm³/mol. The molecule has 3 unspecified atom stereocenters. The second kappa shape index (κ2) is 4.02. The molecule has 0 aromatic heterocycles. The van der Waals surface area contributed by atoms with Crippen LogP contribution in [0, 0.1) is 11.3 Å². The van der Waals surface area contributed by atoms with Crippen molar-refractivity contribution >= 4 is 11.6 Å². The normalized spacial score (nSPS) is 42.2. The van der Waals surface area contributed by atoms with Crippen LogP contribution < -0.4 is 0 Å². The van der Waals surface area contributed by atoms with Crippen LogP contribution >= 0.6 is 11.6 Å². The Labute approximate surface area is 92.2 Å². The first-order chi connectivity index (χ1) is 6.66. The van der Waals surface area contributed by atoms with Crippen LogP contribution in [0.25, 0.3) is 0 Å². The highest BCUT2D eigenvalue weighted by molar-refractivity contribution is 6.21. The molecule has 3 atom stereocenters. The number of alkyl halides is 1. The standard InChI is InChI=1S/C12H21ClO/c1-3-12(2)10(13)8-11(12)14-7-6-9-4-5-9/h9-11H,3-8H2,1-2H3. The van der Waals surface area contributed by atoms with Crippen LogP contribution in [0.15, 0.2) is 0 Å². The smallest absolute Gasteiger partial charge is 0.0656 e. The van der Waals surface area contributed by atoms with Crippen LogP contribution in [0.1, 0.15) is 46.0 Å². The molecule has 2 heteroatoms. The van der Waals surface area contributed by atoms with Crippen molar-refractivity contribution in [2.45, 2.75) is 57.4 Å². The van der Waals surface area contributed by atoms with Gasteiger partial charge in [-0.2, -0.15) is 0 Å². The molecule has 1 nitrogen and oxygen atoms in total. The molecule has 0 saturated heterocycles. The Morgan fingerprint density at radius 3 is 2.64 bits per heavy atom. The molecule has 14 heavy (non-hydrogen) atoms. The van der Waals surface area contributed by atoms with Gasteiger partial charge in [0.2, 0.25) is 0 Å². The summed E-state index contributed by atoms with van der Waals surface area (Å²) in [5.74, 6) is 0.981. The van der Waals surface area contributed by atoms with Gasteiger partial charge in [-0.3, -0.25) is 0 Å². The predicted octanol–water partition coefficient (Wildman–Crippen LogP) is 3.60. The fraction of sp³-hybridized carbons (Fsp3) is 1.00. The van der Waals surface area contributed by atoms with Crippen molar-refractivity contribution in [3.63, 3.8) is 0 Å². The summed E-state index contributed by atoms with van der Waals surface area (Å²) >= 11 is 6.22. The lowest BCUT2D eigenvalue weighted by Crippen LogP contribution is -2.53. The monoisotopic (exact) mass is 216 g/mol. The molecule has 0 spiro atoms. The molecule has 0 radical (unpaired) electrons. The van der Waals surface area contributed by atoms with Gasteiger partial charge in [-0.15, -0.1) is 11.6 Å². The second-order valence-electron chi connectivity index (χ2n) is 5.15. The Kier molecular flexibility index (Phi) is 3.09. The average Bonchev–Trinajstić information content (AvgIpc) is 2.99. The highest BCUT2D eigenvalue weighted by atomic mass is 35.5. The van der Waals surface area contributed by atoms with Crippen molar-refractivity contribution in [3.8, 4) is 0 Å². The zero-order chi connectivity index (χ0) is 10.2. The van der Waals surface area contributed by atoms with Crippen molar-refractivity contribution in [1.82, 2.24) is 0 Å². The molecule has 82 valence electrons. The van der Waals surface area contributed by atoms with Crippen LogP contribution in [0.4, 0.5) is 0 Å². The first kappa shape index (κ1) is 10.8. The lowest BCUT2D eigenvalue weighted by Gasteiger charge is -2.50. The van der Waals surface area contributed by atoms with Gasteiger partial charge in [0.15, 0.2) is 0 Å². The molecule has 0 bridgehead atoms. The zero-order valence-corrected chi connectivity index (χ0v) is 10.0. The van der Waals surface area contributed by atoms with Crippen molar-refractivity contribution in [2.75, 3.05) is 6.61 Å². The van der Waals surface area contributed by atoms with E-state index in [9.17, 15) is 0 Å². The molecule has 0 heterocycles. The lowest BCUT2D eigenvalue weighted by atomic mass is 9.65. The molecule has 2 saturated carbocycles.